The summed E-state index contributed by atoms with van der Waals surface area (Å²) in [5.41, 5.74) is 1.96. The Kier molecular flexibility index (Phi) is 3.10. The molecule has 0 aromatic heterocycles. The number of fused-ring (bicyclic) bond motifs is 1. The first kappa shape index (κ1) is 10.7. The zero-order chi connectivity index (χ0) is 10.8. The molecule has 2 nitrogen and oxygen atoms in total. The van der Waals surface area contributed by atoms with Crippen LogP contribution in [0.5, 0.6) is 5.75 Å². The number of ether oxygens (including phenoxy) is 1. The van der Waals surface area contributed by atoms with Gasteiger partial charge in [-0.25, -0.2) is 0 Å². The average molecular weight is 269 g/mol. The van der Waals surface area contributed by atoms with Gasteiger partial charge in [0.15, 0.2) is 5.78 Å². The van der Waals surface area contributed by atoms with Crippen LogP contribution < -0.4 is 4.74 Å². The Balaban J connectivity index is 2.44. The number of hydrogen-bond acceptors (Lipinski definition) is 2. The van der Waals surface area contributed by atoms with Crippen molar-refractivity contribution in [2.75, 3.05) is 7.11 Å². The molecule has 2 rings (SSSR count). The Labute approximate surface area is 97.8 Å². The molecule has 80 valence electrons. The van der Waals surface area contributed by atoms with Gasteiger partial charge in [0.1, 0.15) is 5.75 Å². The van der Waals surface area contributed by atoms with E-state index in [4.69, 9.17) is 4.74 Å². The molecule has 1 aromatic carbocycles. The molecule has 0 saturated heterocycles. The van der Waals surface area contributed by atoms with Crippen LogP contribution in [0.1, 0.15) is 28.8 Å². The van der Waals surface area contributed by atoms with Gasteiger partial charge in [0.25, 0.3) is 0 Å². The maximum atomic E-state index is 11.9. The number of halogens is 1. The first-order chi connectivity index (χ1) is 7.22. The molecule has 0 N–H and O–H groups in total. The van der Waals surface area contributed by atoms with E-state index < -0.39 is 0 Å². The topological polar surface area (TPSA) is 26.3 Å². The number of hydrogen-bond donors (Lipinski definition) is 0. The zero-order valence-corrected chi connectivity index (χ0v) is 10.2. The number of aryl methyl sites for hydroxylation is 1. The Bertz CT molecular complexity index is 387. The molecule has 0 aliphatic heterocycles. The number of Topliss-reactive ketones (excluding diaryl/α,β-unsaturated/α-hetero) is 1. The molecule has 0 amide bonds. The van der Waals surface area contributed by atoms with Gasteiger partial charge in [0.2, 0.25) is 0 Å². The van der Waals surface area contributed by atoms with E-state index in [1.807, 2.05) is 18.2 Å². The third-order valence-electron chi connectivity index (χ3n) is 2.77. The summed E-state index contributed by atoms with van der Waals surface area (Å²) in [5, 5.41) is 0. The van der Waals surface area contributed by atoms with Crippen molar-refractivity contribution < 1.29 is 9.53 Å². The van der Waals surface area contributed by atoms with E-state index in [0.717, 1.165) is 36.1 Å². The molecule has 1 aliphatic carbocycles. The number of methoxy groups -OCH3 is 1. The van der Waals surface area contributed by atoms with Crippen molar-refractivity contribution in [1.29, 1.82) is 0 Å². The third-order valence-corrected chi connectivity index (χ3v) is 3.64. The average Bonchev–Trinajstić information content (AvgIpc) is 2.40. The molecule has 15 heavy (non-hydrogen) atoms. The molecule has 0 heterocycles. The summed E-state index contributed by atoms with van der Waals surface area (Å²) in [4.78, 5) is 11.9. The van der Waals surface area contributed by atoms with Crippen LogP contribution in [0.3, 0.4) is 0 Å². The van der Waals surface area contributed by atoms with E-state index in [0.29, 0.717) is 0 Å². The van der Waals surface area contributed by atoms with Crippen molar-refractivity contribution >= 4 is 21.7 Å². The molecular weight excluding hydrogens is 256 g/mol. The monoisotopic (exact) mass is 268 g/mol. The summed E-state index contributed by atoms with van der Waals surface area (Å²) in [7, 11) is 1.65. The lowest BCUT2D eigenvalue weighted by atomic mass is 10.0. The summed E-state index contributed by atoms with van der Waals surface area (Å²) >= 11 is 3.43. The van der Waals surface area contributed by atoms with Crippen LogP contribution in [0.15, 0.2) is 18.2 Å². The normalized spacial score (nSPS) is 20.7. The predicted molar refractivity (Wildman–Crippen MR) is 63.0 cm³/mol. The molecule has 0 radical (unpaired) electrons. The molecular formula is C12H13BrO2. The minimum absolute atomic E-state index is 0.0212. The smallest absolute Gasteiger partial charge is 0.176 e. The Morgan fingerprint density at radius 2 is 2.27 bits per heavy atom. The lowest BCUT2D eigenvalue weighted by Gasteiger charge is -2.08. The van der Waals surface area contributed by atoms with E-state index in [-0.39, 0.29) is 10.6 Å². The van der Waals surface area contributed by atoms with Crippen molar-refractivity contribution in [3.63, 3.8) is 0 Å². The fraction of sp³-hybridized carbons (Fsp3) is 0.417. The van der Waals surface area contributed by atoms with E-state index in [9.17, 15) is 4.79 Å². The van der Waals surface area contributed by atoms with Crippen LogP contribution in [0, 0.1) is 0 Å². The first-order valence-electron chi connectivity index (χ1n) is 5.07. The highest BCUT2D eigenvalue weighted by atomic mass is 79.9. The molecule has 1 aromatic rings. The number of carbonyl (C=O) groups is 1. The lowest BCUT2D eigenvalue weighted by Crippen LogP contribution is -2.12. The van der Waals surface area contributed by atoms with Crippen molar-refractivity contribution in [3.8, 4) is 5.75 Å². The highest BCUT2D eigenvalue weighted by Gasteiger charge is 2.23. The van der Waals surface area contributed by atoms with Crippen molar-refractivity contribution in [2.45, 2.75) is 24.1 Å². The number of carbonyl (C=O) groups excluding carboxylic acids is 1. The fourth-order valence-corrected chi connectivity index (χ4v) is 2.49. The maximum absolute atomic E-state index is 11.9. The zero-order valence-electron chi connectivity index (χ0n) is 8.63. The van der Waals surface area contributed by atoms with Crippen LogP contribution in [0.2, 0.25) is 0 Å². The summed E-state index contributed by atoms with van der Waals surface area (Å²) in [6.45, 7) is 0. The quantitative estimate of drug-likeness (QED) is 0.578. The second-order valence-electron chi connectivity index (χ2n) is 3.75. The van der Waals surface area contributed by atoms with Gasteiger partial charge < -0.3 is 4.74 Å². The van der Waals surface area contributed by atoms with Gasteiger partial charge in [0, 0.05) is 5.56 Å². The maximum Gasteiger partial charge on any atom is 0.176 e. The Hall–Kier alpha value is -0.830. The highest BCUT2D eigenvalue weighted by molar-refractivity contribution is 9.10. The second kappa shape index (κ2) is 4.35. The highest BCUT2D eigenvalue weighted by Crippen LogP contribution is 2.27. The van der Waals surface area contributed by atoms with E-state index >= 15 is 0 Å². The molecule has 1 unspecified atom stereocenters. The van der Waals surface area contributed by atoms with Crippen molar-refractivity contribution in [3.05, 3.63) is 29.3 Å². The van der Waals surface area contributed by atoms with Gasteiger partial charge in [-0.15, -0.1) is 0 Å². The van der Waals surface area contributed by atoms with Gasteiger partial charge in [-0.1, -0.05) is 15.9 Å². The van der Waals surface area contributed by atoms with Crippen molar-refractivity contribution in [1.82, 2.24) is 0 Å². The summed E-state index contributed by atoms with van der Waals surface area (Å²) in [6, 6.07) is 5.69. The summed E-state index contributed by atoms with van der Waals surface area (Å²) in [6.07, 6.45) is 2.91. The number of alkyl halides is 1. The fourth-order valence-electron chi connectivity index (χ4n) is 1.92. The summed E-state index contributed by atoms with van der Waals surface area (Å²) < 4.78 is 5.16. The van der Waals surface area contributed by atoms with Crippen LogP contribution in [0.4, 0.5) is 0 Å². The summed E-state index contributed by atoms with van der Waals surface area (Å²) in [5.74, 6) is 1.03. The van der Waals surface area contributed by atoms with E-state index in [2.05, 4.69) is 15.9 Å². The van der Waals surface area contributed by atoms with Crippen LogP contribution in [0.25, 0.3) is 0 Å². The number of benzene rings is 1. The van der Waals surface area contributed by atoms with E-state index in [1.54, 1.807) is 7.11 Å². The lowest BCUT2D eigenvalue weighted by molar-refractivity contribution is 0.0990. The van der Waals surface area contributed by atoms with Gasteiger partial charge in [-0.3, -0.25) is 4.79 Å². The Morgan fingerprint density at radius 3 is 3.00 bits per heavy atom. The SMILES string of the molecule is COc1ccc2c(c1)CCCC(Br)C2=O. The molecule has 3 heteroatoms. The molecule has 1 aliphatic rings. The van der Waals surface area contributed by atoms with Gasteiger partial charge in [0.05, 0.1) is 11.9 Å². The molecule has 1 atom stereocenters. The minimum atomic E-state index is -0.0212. The second-order valence-corrected chi connectivity index (χ2v) is 4.85. The van der Waals surface area contributed by atoms with Crippen LogP contribution >= 0.6 is 15.9 Å². The number of rotatable bonds is 1. The molecule has 0 saturated carbocycles. The predicted octanol–water partition coefficient (Wildman–Crippen LogP) is 2.98. The van der Waals surface area contributed by atoms with Gasteiger partial charge >= 0.3 is 0 Å². The van der Waals surface area contributed by atoms with Crippen LogP contribution in [-0.2, 0) is 6.42 Å². The van der Waals surface area contributed by atoms with Gasteiger partial charge in [-0.2, -0.15) is 0 Å². The van der Waals surface area contributed by atoms with E-state index in [1.165, 1.54) is 0 Å². The van der Waals surface area contributed by atoms with Gasteiger partial charge in [-0.05, 0) is 43.0 Å². The Morgan fingerprint density at radius 1 is 1.47 bits per heavy atom. The minimum Gasteiger partial charge on any atom is -0.497 e. The standard InChI is InChI=1S/C12H13BrO2/c1-15-9-5-6-10-8(7-9)3-2-4-11(13)12(10)14/h5-7,11H,2-4H2,1H3. The van der Waals surface area contributed by atoms with Crippen molar-refractivity contribution in [2.24, 2.45) is 0 Å². The largest absolute Gasteiger partial charge is 0.497 e. The third kappa shape index (κ3) is 2.07. The molecule has 0 bridgehead atoms. The van der Waals surface area contributed by atoms with Crippen LogP contribution in [-0.4, -0.2) is 17.7 Å². The molecule has 0 fully saturated rings. The molecule has 0 spiro atoms. The first-order valence-corrected chi connectivity index (χ1v) is 5.99. The number of ketones is 1.